The minimum absolute atomic E-state index is 0.0610. The molecule has 10 nitrogen and oxygen atoms in total. The number of nitrogen functional groups attached to an aromatic ring is 1. The van der Waals surface area contributed by atoms with Crippen LogP contribution in [0.3, 0.4) is 0 Å². The molecule has 0 bridgehead atoms. The molecule has 3 rings (SSSR count). The molecule has 0 aromatic heterocycles. The van der Waals surface area contributed by atoms with Crippen LogP contribution in [0.25, 0.3) is 0 Å². The summed E-state index contributed by atoms with van der Waals surface area (Å²) in [5.74, 6) is 0.163. The standard InChI is InChI=1S/2C18H30O3S.C9H13NO2S.O.Ti/c2*1-2-3-4-5-6-7-8-9-10-11-14-17-15-12-13-16-18(17)22(19,20)21;1-6(2)8-5-7(10)3-4-9(8)13(11)12;;/h2*12-13,15-16H,2-11,14H2,1H3,(H,19,20,21);3-6H,10H2,1-2H3,(H,11,12);;/q;;;;+1/p-1. The number of anilines is 1. The van der Waals surface area contributed by atoms with Gasteiger partial charge >= 0.3 is 23.7 Å². The van der Waals surface area contributed by atoms with E-state index in [9.17, 15) is 34.7 Å². The van der Waals surface area contributed by atoms with E-state index in [0.29, 0.717) is 23.4 Å². The summed E-state index contributed by atoms with van der Waals surface area (Å²) < 4.78 is 93.4. The predicted molar refractivity (Wildman–Crippen MR) is 236 cm³/mol. The Bertz CT molecular complexity index is 1690. The van der Waals surface area contributed by atoms with Gasteiger partial charge < -0.3 is 10.3 Å². The molecule has 0 fully saturated rings. The number of hydrogen-bond acceptors (Lipinski definition) is 8. The van der Waals surface area contributed by atoms with Gasteiger partial charge in [-0.2, -0.15) is 16.8 Å². The van der Waals surface area contributed by atoms with Crippen LogP contribution in [-0.4, -0.2) is 34.7 Å². The molecule has 4 N–H and O–H groups in total. The first-order chi connectivity index (χ1) is 28.1. The molecule has 0 spiro atoms. The van der Waals surface area contributed by atoms with Crippen molar-refractivity contribution in [1.29, 1.82) is 0 Å². The molecule has 3 aromatic rings. The fraction of sp³-hybridized carbons (Fsp3) is 0.600. The second-order valence-corrected chi connectivity index (χ2v) is 18.9. The topological polar surface area (TPSA) is 192 Å². The van der Waals surface area contributed by atoms with Gasteiger partial charge in [0.25, 0.3) is 20.2 Å². The number of rotatable bonds is 26. The number of hydrogen-bond donors (Lipinski definition) is 3. The molecular weight excluding hydrogens is 843 g/mol. The van der Waals surface area contributed by atoms with E-state index >= 15 is 0 Å². The summed E-state index contributed by atoms with van der Waals surface area (Å²) in [5.41, 5.74) is 8.38. The van der Waals surface area contributed by atoms with Gasteiger partial charge in [-0.3, -0.25) is 13.3 Å². The molecule has 0 amide bonds. The van der Waals surface area contributed by atoms with Crippen molar-refractivity contribution in [3.8, 4) is 0 Å². The van der Waals surface area contributed by atoms with E-state index in [4.69, 9.17) is 9.06 Å². The zero-order chi connectivity index (χ0) is 44.5. The second-order valence-electron chi connectivity index (χ2n) is 15.2. The van der Waals surface area contributed by atoms with Gasteiger partial charge in [0.1, 0.15) is 0 Å². The molecule has 0 saturated heterocycles. The van der Waals surface area contributed by atoms with E-state index in [1.807, 2.05) is 26.0 Å². The van der Waals surface area contributed by atoms with Crippen molar-refractivity contribution in [2.75, 3.05) is 5.73 Å². The Labute approximate surface area is 371 Å². The number of aryl methyl sites for hydroxylation is 2. The van der Waals surface area contributed by atoms with Crippen LogP contribution in [0.2, 0.25) is 0 Å². The molecule has 333 valence electrons. The van der Waals surface area contributed by atoms with Gasteiger partial charge in [-0.25, -0.2) is 0 Å². The molecule has 0 radical (unpaired) electrons. The Morgan fingerprint density at radius 3 is 1.20 bits per heavy atom. The third-order valence-corrected chi connectivity index (χ3v) is 12.6. The number of benzene rings is 3. The molecule has 1 atom stereocenters. The Morgan fingerprint density at radius 2 is 0.898 bits per heavy atom. The van der Waals surface area contributed by atoms with E-state index in [1.165, 1.54) is 121 Å². The summed E-state index contributed by atoms with van der Waals surface area (Å²) in [6.07, 6.45) is 26.6. The first kappa shape index (κ1) is 56.9. The van der Waals surface area contributed by atoms with Crippen molar-refractivity contribution in [3.05, 3.63) is 83.4 Å². The summed E-state index contributed by atoms with van der Waals surface area (Å²) in [7, 11) is -8.19. The zero-order valence-corrected chi connectivity index (χ0v) is 40.0. The van der Waals surface area contributed by atoms with Crippen molar-refractivity contribution in [3.63, 3.8) is 0 Å². The summed E-state index contributed by atoms with van der Waals surface area (Å²) in [5, 5.41) is 0. The van der Waals surface area contributed by atoms with Crippen LogP contribution >= 0.6 is 0 Å². The Morgan fingerprint density at radius 1 is 0.576 bits per heavy atom. The van der Waals surface area contributed by atoms with Crippen LogP contribution in [0.4, 0.5) is 5.69 Å². The van der Waals surface area contributed by atoms with Crippen LogP contribution in [-0.2, 0) is 67.9 Å². The van der Waals surface area contributed by atoms with E-state index < -0.39 is 31.3 Å². The van der Waals surface area contributed by atoms with Gasteiger partial charge in [0.15, 0.2) is 0 Å². The first-order valence-corrected chi connectivity index (χ1v) is 26.0. The van der Waals surface area contributed by atoms with E-state index in [1.54, 1.807) is 36.4 Å². The molecule has 59 heavy (non-hydrogen) atoms. The maximum absolute atomic E-state index is 11.3. The Kier molecular flexibility index (Phi) is 33.3. The van der Waals surface area contributed by atoms with Crippen LogP contribution in [0.1, 0.15) is 179 Å². The second kappa shape index (κ2) is 34.5. The molecule has 3 aromatic carbocycles. The molecule has 0 saturated carbocycles. The molecule has 0 aliphatic carbocycles. The summed E-state index contributed by atoms with van der Waals surface area (Å²) in [4.78, 5) is 0.459. The van der Waals surface area contributed by atoms with Gasteiger partial charge in [0.2, 0.25) is 0 Å². The Hall–Kier alpha value is -2.10. The van der Waals surface area contributed by atoms with Crippen molar-refractivity contribution in [2.24, 2.45) is 0 Å². The van der Waals surface area contributed by atoms with E-state index in [2.05, 4.69) is 13.8 Å². The molecule has 0 heterocycles. The summed E-state index contributed by atoms with van der Waals surface area (Å²) in [6.45, 7) is 8.34. The minimum atomic E-state index is -4.10. The number of nitrogens with two attached hydrogens (primary N) is 1. The third-order valence-electron chi connectivity index (χ3n) is 9.94. The average Bonchev–Trinajstić information content (AvgIpc) is 3.20. The monoisotopic (exact) mass is 914 g/mol. The Balaban J connectivity index is 0.000000864. The quantitative estimate of drug-likeness (QED) is 0.0229. The van der Waals surface area contributed by atoms with Crippen molar-refractivity contribution in [1.82, 2.24) is 0 Å². The van der Waals surface area contributed by atoms with Crippen molar-refractivity contribution in [2.45, 2.75) is 190 Å². The van der Waals surface area contributed by atoms with Gasteiger partial charge in [-0.15, -0.1) is 0 Å². The first-order valence-electron chi connectivity index (χ1n) is 21.4. The molecule has 0 aliphatic heterocycles. The SMILES string of the molecule is CC(C)c1cc(N)ccc1S(=O)[O-].CCCCCCCCCCCCc1ccccc1S(=O)(=O)O.CCCCCCCCCCCCc1ccccc1S(=O)(=O)O.[O]=[Ti+]. The van der Waals surface area contributed by atoms with Gasteiger partial charge in [-0.05, 0) is 89.7 Å². The van der Waals surface area contributed by atoms with Crippen LogP contribution in [0, 0.1) is 0 Å². The zero-order valence-electron chi connectivity index (χ0n) is 36.0. The van der Waals surface area contributed by atoms with Crippen molar-refractivity contribution < 1.29 is 58.4 Å². The van der Waals surface area contributed by atoms with Crippen LogP contribution in [0.5, 0.6) is 0 Å². The fourth-order valence-corrected chi connectivity index (χ4v) is 8.87. The maximum atomic E-state index is 11.3. The molecule has 1 unspecified atom stereocenters. The summed E-state index contributed by atoms with van der Waals surface area (Å²) >= 11 is -1.42. The molecule has 14 heteroatoms. The molecular formula is C45H72NO9S3Ti. The van der Waals surface area contributed by atoms with Gasteiger partial charge in [0, 0.05) is 10.6 Å². The number of unbranched alkanes of at least 4 members (excludes halogenated alkanes) is 18. The van der Waals surface area contributed by atoms with Crippen molar-refractivity contribution >= 4 is 37.0 Å². The molecule has 0 aliphatic rings. The van der Waals surface area contributed by atoms with Gasteiger partial charge in [-0.1, -0.05) is 180 Å². The fourth-order valence-electron chi connectivity index (χ4n) is 6.70. The summed E-state index contributed by atoms with van der Waals surface area (Å²) in [6, 6.07) is 18.3. The third kappa shape index (κ3) is 27.5. The van der Waals surface area contributed by atoms with E-state index in [-0.39, 0.29) is 15.7 Å². The normalized spacial score (nSPS) is 11.8. The van der Waals surface area contributed by atoms with Crippen LogP contribution in [0.15, 0.2) is 81.4 Å². The average molecular weight is 915 g/mol. The van der Waals surface area contributed by atoms with E-state index in [0.717, 1.165) is 62.8 Å². The predicted octanol–water partition coefficient (Wildman–Crippen LogP) is 12.3. The van der Waals surface area contributed by atoms with Gasteiger partial charge in [0.05, 0.1) is 9.79 Å². The van der Waals surface area contributed by atoms with Crippen LogP contribution < -0.4 is 5.73 Å².